The van der Waals surface area contributed by atoms with Gasteiger partial charge in [0.15, 0.2) is 11.5 Å². The van der Waals surface area contributed by atoms with Crippen LogP contribution in [0.5, 0.6) is 11.5 Å². The van der Waals surface area contributed by atoms with E-state index in [9.17, 15) is 5.11 Å². The van der Waals surface area contributed by atoms with Crippen molar-refractivity contribution in [2.45, 2.75) is 12.6 Å². The lowest BCUT2D eigenvalue weighted by atomic mass is 10.3. The summed E-state index contributed by atoms with van der Waals surface area (Å²) >= 11 is 0. The van der Waals surface area contributed by atoms with Gasteiger partial charge >= 0.3 is 0 Å². The van der Waals surface area contributed by atoms with E-state index in [1.807, 2.05) is 36.4 Å². The van der Waals surface area contributed by atoms with Crippen LogP contribution in [0.1, 0.15) is 5.76 Å². The van der Waals surface area contributed by atoms with Crippen molar-refractivity contribution >= 4 is 0 Å². The number of aliphatic hydroxyl groups is 1. The molecule has 1 unspecified atom stereocenters. The molecule has 0 amide bonds. The van der Waals surface area contributed by atoms with Gasteiger partial charge in [0.1, 0.15) is 18.5 Å². The summed E-state index contributed by atoms with van der Waals surface area (Å²) in [7, 11) is 1.59. The Hall–Kier alpha value is -1.98. The van der Waals surface area contributed by atoms with Gasteiger partial charge < -0.3 is 24.3 Å². The van der Waals surface area contributed by atoms with E-state index in [1.54, 1.807) is 13.4 Å². The fraction of sp³-hybridized carbons (Fsp3) is 0.333. The van der Waals surface area contributed by atoms with Crippen LogP contribution in [0.15, 0.2) is 47.1 Å². The maximum absolute atomic E-state index is 9.84. The first-order chi connectivity index (χ1) is 9.79. The first-order valence-electron chi connectivity index (χ1n) is 6.46. The number of hydrogen-bond acceptors (Lipinski definition) is 5. The standard InChI is InChI=1S/C15H19NO4/c1-18-14-6-2-3-7-15(14)20-11-12(17)9-16-10-13-5-4-8-19-13/h2-8,12,16-17H,9-11H2,1H3. The highest BCUT2D eigenvalue weighted by Crippen LogP contribution is 2.25. The van der Waals surface area contributed by atoms with Crippen molar-refractivity contribution in [3.8, 4) is 11.5 Å². The number of ether oxygens (including phenoxy) is 2. The molecule has 1 atom stereocenters. The van der Waals surface area contributed by atoms with Gasteiger partial charge in [-0.3, -0.25) is 0 Å². The molecule has 2 aromatic rings. The smallest absolute Gasteiger partial charge is 0.161 e. The Kier molecular flexibility index (Phi) is 5.46. The van der Waals surface area contributed by atoms with Crippen LogP contribution in [-0.4, -0.2) is 31.5 Å². The maximum Gasteiger partial charge on any atom is 0.161 e. The van der Waals surface area contributed by atoms with Crippen LogP contribution in [0.25, 0.3) is 0 Å². The molecule has 1 aromatic heterocycles. The summed E-state index contributed by atoms with van der Waals surface area (Å²) in [6, 6.07) is 11.1. The van der Waals surface area contributed by atoms with E-state index in [1.165, 1.54) is 0 Å². The third kappa shape index (κ3) is 4.29. The van der Waals surface area contributed by atoms with Gasteiger partial charge in [-0.05, 0) is 24.3 Å². The average molecular weight is 277 g/mol. The summed E-state index contributed by atoms with van der Waals surface area (Å²) in [4.78, 5) is 0. The molecule has 1 aromatic carbocycles. The van der Waals surface area contributed by atoms with Crippen molar-refractivity contribution in [3.05, 3.63) is 48.4 Å². The van der Waals surface area contributed by atoms with E-state index in [0.717, 1.165) is 5.76 Å². The maximum atomic E-state index is 9.84. The molecule has 0 aliphatic carbocycles. The predicted molar refractivity (Wildman–Crippen MR) is 74.9 cm³/mol. The Morgan fingerprint density at radius 1 is 1.20 bits per heavy atom. The Balaban J connectivity index is 1.70. The Bertz CT molecular complexity index is 498. The van der Waals surface area contributed by atoms with Gasteiger partial charge in [0.05, 0.1) is 19.9 Å². The normalized spacial score (nSPS) is 12.1. The summed E-state index contributed by atoms with van der Waals surface area (Å²) in [6.07, 6.45) is 1.02. The van der Waals surface area contributed by atoms with Crippen LogP contribution in [0.2, 0.25) is 0 Å². The molecule has 0 bridgehead atoms. The molecule has 0 fully saturated rings. The third-order valence-corrected chi connectivity index (χ3v) is 2.76. The van der Waals surface area contributed by atoms with E-state index < -0.39 is 6.10 Å². The lowest BCUT2D eigenvalue weighted by Gasteiger charge is -2.14. The molecule has 5 nitrogen and oxygen atoms in total. The summed E-state index contributed by atoms with van der Waals surface area (Å²) in [5, 5.41) is 12.9. The molecular formula is C15H19NO4. The van der Waals surface area contributed by atoms with E-state index >= 15 is 0 Å². The number of hydrogen-bond donors (Lipinski definition) is 2. The second-order valence-corrected chi connectivity index (χ2v) is 4.33. The second kappa shape index (κ2) is 7.57. The van der Waals surface area contributed by atoms with Crippen LogP contribution in [-0.2, 0) is 6.54 Å². The fourth-order valence-electron chi connectivity index (χ4n) is 1.76. The van der Waals surface area contributed by atoms with E-state index in [0.29, 0.717) is 24.6 Å². The number of nitrogens with one attached hydrogen (secondary N) is 1. The summed E-state index contributed by atoms with van der Waals surface area (Å²) in [6.45, 7) is 1.21. The highest BCUT2D eigenvalue weighted by molar-refractivity contribution is 5.39. The highest BCUT2D eigenvalue weighted by Gasteiger charge is 2.08. The Morgan fingerprint density at radius 3 is 2.70 bits per heavy atom. The molecule has 20 heavy (non-hydrogen) atoms. The predicted octanol–water partition coefficient (Wildman–Crippen LogP) is 1.82. The number of rotatable bonds is 8. The lowest BCUT2D eigenvalue weighted by molar-refractivity contribution is 0.104. The zero-order valence-electron chi connectivity index (χ0n) is 11.4. The highest BCUT2D eigenvalue weighted by atomic mass is 16.5. The minimum atomic E-state index is -0.602. The van der Waals surface area contributed by atoms with Gasteiger partial charge in [-0.2, -0.15) is 0 Å². The molecule has 0 saturated heterocycles. The van der Waals surface area contributed by atoms with Crippen LogP contribution < -0.4 is 14.8 Å². The molecular weight excluding hydrogens is 258 g/mol. The molecule has 5 heteroatoms. The summed E-state index contributed by atoms with van der Waals surface area (Å²) in [5.74, 6) is 2.12. The van der Waals surface area contributed by atoms with Gasteiger partial charge in [-0.1, -0.05) is 12.1 Å². The summed E-state index contributed by atoms with van der Waals surface area (Å²) < 4.78 is 15.9. The molecule has 2 rings (SSSR count). The monoisotopic (exact) mass is 277 g/mol. The van der Waals surface area contributed by atoms with Gasteiger partial charge in [0, 0.05) is 6.54 Å². The van der Waals surface area contributed by atoms with Crippen molar-refractivity contribution in [1.29, 1.82) is 0 Å². The molecule has 0 aliphatic rings. The van der Waals surface area contributed by atoms with Gasteiger partial charge in [-0.25, -0.2) is 0 Å². The lowest BCUT2D eigenvalue weighted by Crippen LogP contribution is -2.31. The van der Waals surface area contributed by atoms with E-state index in [-0.39, 0.29) is 6.61 Å². The van der Waals surface area contributed by atoms with Crippen molar-refractivity contribution in [1.82, 2.24) is 5.32 Å². The van der Waals surface area contributed by atoms with E-state index in [2.05, 4.69) is 5.32 Å². The molecule has 0 spiro atoms. The molecule has 2 N–H and O–H groups in total. The Labute approximate surface area is 118 Å². The topological polar surface area (TPSA) is 63.9 Å². The molecule has 1 heterocycles. The largest absolute Gasteiger partial charge is 0.493 e. The number of methoxy groups -OCH3 is 1. The van der Waals surface area contributed by atoms with Crippen molar-refractivity contribution in [3.63, 3.8) is 0 Å². The number of para-hydroxylation sites is 2. The number of benzene rings is 1. The van der Waals surface area contributed by atoms with Crippen LogP contribution in [0.3, 0.4) is 0 Å². The van der Waals surface area contributed by atoms with Gasteiger partial charge in [0.25, 0.3) is 0 Å². The van der Waals surface area contributed by atoms with Crippen LogP contribution in [0, 0.1) is 0 Å². The molecule has 0 radical (unpaired) electrons. The Morgan fingerprint density at radius 2 is 2.00 bits per heavy atom. The van der Waals surface area contributed by atoms with Gasteiger partial charge in [-0.15, -0.1) is 0 Å². The SMILES string of the molecule is COc1ccccc1OCC(O)CNCc1ccco1. The second-order valence-electron chi connectivity index (χ2n) is 4.33. The minimum Gasteiger partial charge on any atom is -0.493 e. The first kappa shape index (κ1) is 14.4. The van der Waals surface area contributed by atoms with Crippen molar-refractivity contribution in [2.75, 3.05) is 20.3 Å². The quantitative estimate of drug-likeness (QED) is 0.770. The van der Waals surface area contributed by atoms with E-state index in [4.69, 9.17) is 13.9 Å². The fourth-order valence-corrected chi connectivity index (χ4v) is 1.76. The number of aliphatic hydroxyl groups excluding tert-OH is 1. The van der Waals surface area contributed by atoms with Crippen molar-refractivity contribution < 1.29 is 19.0 Å². The first-order valence-corrected chi connectivity index (χ1v) is 6.46. The molecule has 0 aliphatic heterocycles. The minimum absolute atomic E-state index is 0.200. The zero-order chi connectivity index (χ0) is 14.2. The molecule has 0 saturated carbocycles. The summed E-state index contributed by atoms with van der Waals surface area (Å²) in [5.41, 5.74) is 0. The van der Waals surface area contributed by atoms with Crippen molar-refractivity contribution in [2.24, 2.45) is 0 Å². The van der Waals surface area contributed by atoms with Crippen LogP contribution >= 0.6 is 0 Å². The third-order valence-electron chi connectivity index (χ3n) is 2.76. The number of furan rings is 1. The van der Waals surface area contributed by atoms with Gasteiger partial charge in [0.2, 0.25) is 0 Å². The average Bonchev–Trinajstić information content (AvgIpc) is 2.98. The van der Waals surface area contributed by atoms with Crippen LogP contribution in [0.4, 0.5) is 0 Å². The zero-order valence-corrected chi connectivity index (χ0v) is 11.4. The molecule has 108 valence electrons.